The highest BCUT2D eigenvalue weighted by atomic mass is 19.1. The van der Waals surface area contributed by atoms with E-state index in [1.165, 1.54) is 18.3 Å². The molecule has 1 heterocycles. The first-order valence-electron chi connectivity index (χ1n) is 6.05. The molecule has 0 bridgehead atoms. The van der Waals surface area contributed by atoms with Gasteiger partial charge in [-0.05, 0) is 29.7 Å². The highest BCUT2D eigenvalue weighted by Crippen LogP contribution is 2.16. The number of aliphatic hydroxyl groups excluding tert-OH is 1. The van der Waals surface area contributed by atoms with E-state index in [1.807, 2.05) is 0 Å². The van der Waals surface area contributed by atoms with Gasteiger partial charge in [-0.1, -0.05) is 12.1 Å². The fourth-order valence-corrected chi connectivity index (χ4v) is 1.90. The van der Waals surface area contributed by atoms with Crippen LogP contribution in [0.2, 0.25) is 0 Å². The molecule has 5 nitrogen and oxygen atoms in total. The first kappa shape index (κ1) is 14.5. The standard InChI is InChI=1S/C15H12FNO4/c16-11-3-1-2-9(5-11)4-10-7-17-8-12(10)13(18)6-14(19)15(20)21/h1-3,5-8,17,19H,4H2,(H,20,21). The van der Waals surface area contributed by atoms with Crippen molar-refractivity contribution >= 4 is 11.8 Å². The Kier molecular flexibility index (Phi) is 4.18. The fraction of sp³-hybridized carbons (Fsp3) is 0.0667. The third-order valence-electron chi connectivity index (χ3n) is 2.87. The lowest BCUT2D eigenvalue weighted by molar-refractivity contribution is -0.135. The van der Waals surface area contributed by atoms with Crippen LogP contribution < -0.4 is 0 Å². The quantitative estimate of drug-likeness (QED) is 0.448. The van der Waals surface area contributed by atoms with E-state index in [0.29, 0.717) is 23.6 Å². The second-order valence-electron chi connectivity index (χ2n) is 4.40. The highest BCUT2D eigenvalue weighted by Gasteiger charge is 2.14. The number of benzene rings is 1. The lowest BCUT2D eigenvalue weighted by Crippen LogP contribution is -2.05. The first-order valence-corrected chi connectivity index (χ1v) is 6.05. The van der Waals surface area contributed by atoms with Crippen LogP contribution in [0.25, 0.3) is 0 Å². The van der Waals surface area contributed by atoms with Gasteiger partial charge in [0.1, 0.15) is 5.82 Å². The highest BCUT2D eigenvalue weighted by molar-refractivity contribution is 6.08. The Morgan fingerprint density at radius 2 is 2.00 bits per heavy atom. The van der Waals surface area contributed by atoms with Crippen molar-refractivity contribution < 1.29 is 24.2 Å². The number of carbonyl (C=O) groups excluding carboxylic acids is 1. The average molecular weight is 289 g/mol. The molecule has 108 valence electrons. The predicted molar refractivity (Wildman–Crippen MR) is 72.7 cm³/mol. The molecule has 0 atom stereocenters. The van der Waals surface area contributed by atoms with Crippen LogP contribution in [-0.4, -0.2) is 26.9 Å². The van der Waals surface area contributed by atoms with Gasteiger partial charge in [0, 0.05) is 24.0 Å². The van der Waals surface area contributed by atoms with Crippen molar-refractivity contribution in [1.82, 2.24) is 4.98 Å². The first-order chi connectivity index (χ1) is 9.97. The van der Waals surface area contributed by atoms with Crippen molar-refractivity contribution in [3.63, 3.8) is 0 Å². The topological polar surface area (TPSA) is 90.4 Å². The van der Waals surface area contributed by atoms with Crippen molar-refractivity contribution in [2.75, 3.05) is 0 Å². The number of aliphatic carboxylic acids is 1. The van der Waals surface area contributed by atoms with Crippen LogP contribution >= 0.6 is 0 Å². The molecule has 1 aromatic heterocycles. The predicted octanol–water partition coefficient (Wildman–Crippen LogP) is 2.45. The largest absolute Gasteiger partial charge is 0.502 e. The van der Waals surface area contributed by atoms with E-state index >= 15 is 0 Å². The van der Waals surface area contributed by atoms with E-state index in [-0.39, 0.29) is 11.4 Å². The Bertz CT molecular complexity index is 718. The number of hydrogen-bond acceptors (Lipinski definition) is 3. The molecule has 0 saturated carbocycles. The number of nitrogens with one attached hydrogen (secondary N) is 1. The monoisotopic (exact) mass is 289 g/mol. The summed E-state index contributed by atoms with van der Waals surface area (Å²) in [6, 6.07) is 5.95. The molecule has 0 aliphatic heterocycles. The summed E-state index contributed by atoms with van der Waals surface area (Å²) in [6.45, 7) is 0. The van der Waals surface area contributed by atoms with E-state index in [0.717, 1.165) is 0 Å². The van der Waals surface area contributed by atoms with Gasteiger partial charge in [-0.3, -0.25) is 4.79 Å². The number of ketones is 1. The zero-order valence-electron chi connectivity index (χ0n) is 10.8. The van der Waals surface area contributed by atoms with Gasteiger partial charge in [0.2, 0.25) is 5.76 Å². The Morgan fingerprint density at radius 1 is 1.24 bits per heavy atom. The van der Waals surface area contributed by atoms with Crippen molar-refractivity contribution in [3.8, 4) is 0 Å². The van der Waals surface area contributed by atoms with Crippen LogP contribution in [-0.2, 0) is 11.2 Å². The van der Waals surface area contributed by atoms with E-state index in [9.17, 15) is 14.0 Å². The van der Waals surface area contributed by atoms with E-state index in [2.05, 4.69) is 4.98 Å². The second-order valence-corrected chi connectivity index (χ2v) is 4.40. The fourth-order valence-electron chi connectivity index (χ4n) is 1.90. The van der Waals surface area contributed by atoms with Crippen LogP contribution in [0.5, 0.6) is 0 Å². The molecule has 2 aromatic rings. The third-order valence-corrected chi connectivity index (χ3v) is 2.87. The molecule has 0 saturated heterocycles. The second kappa shape index (κ2) is 6.04. The van der Waals surface area contributed by atoms with Gasteiger partial charge in [0.25, 0.3) is 0 Å². The van der Waals surface area contributed by atoms with Gasteiger partial charge in [-0.15, -0.1) is 0 Å². The molecule has 0 radical (unpaired) electrons. The van der Waals surface area contributed by atoms with Crippen molar-refractivity contribution in [3.05, 3.63) is 71.0 Å². The number of hydrogen-bond donors (Lipinski definition) is 3. The molecule has 0 aliphatic carbocycles. The minimum absolute atomic E-state index is 0.229. The van der Waals surface area contributed by atoms with Gasteiger partial charge in [-0.25, -0.2) is 9.18 Å². The number of rotatable bonds is 5. The molecule has 1 aromatic carbocycles. The molecule has 0 amide bonds. The summed E-state index contributed by atoms with van der Waals surface area (Å²) in [6.07, 6.45) is 3.93. The number of carboxylic acid groups (broad SMARTS) is 1. The van der Waals surface area contributed by atoms with Crippen LogP contribution in [0.3, 0.4) is 0 Å². The molecule has 6 heteroatoms. The Hall–Kier alpha value is -2.89. The summed E-state index contributed by atoms with van der Waals surface area (Å²) in [5, 5.41) is 17.6. The van der Waals surface area contributed by atoms with E-state index in [1.54, 1.807) is 18.3 Å². The minimum Gasteiger partial charge on any atom is -0.502 e. The van der Waals surface area contributed by atoms with Crippen LogP contribution in [0.4, 0.5) is 4.39 Å². The number of aliphatic hydroxyl groups is 1. The maximum atomic E-state index is 13.1. The number of halogens is 1. The molecule has 0 spiro atoms. The lowest BCUT2D eigenvalue weighted by atomic mass is 10.0. The van der Waals surface area contributed by atoms with Gasteiger partial charge in [0.05, 0.1) is 0 Å². The SMILES string of the molecule is O=C(O)C(O)=CC(=O)c1c[nH]cc1Cc1cccc(F)c1. The van der Waals surface area contributed by atoms with Crippen LogP contribution in [0, 0.1) is 5.82 Å². The third kappa shape index (κ3) is 3.56. The van der Waals surface area contributed by atoms with Crippen molar-refractivity contribution in [2.45, 2.75) is 6.42 Å². The summed E-state index contributed by atoms with van der Waals surface area (Å²) >= 11 is 0. The van der Waals surface area contributed by atoms with E-state index in [4.69, 9.17) is 10.2 Å². The summed E-state index contributed by atoms with van der Waals surface area (Å²) in [7, 11) is 0. The van der Waals surface area contributed by atoms with Gasteiger partial charge in [0.15, 0.2) is 5.78 Å². The summed E-state index contributed by atoms with van der Waals surface area (Å²) in [5.74, 6) is -3.62. The normalized spacial score (nSPS) is 11.4. The van der Waals surface area contributed by atoms with Gasteiger partial charge >= 0.3 is 5.97 Å². The summed E-state index contributed by atoms with van der Waals surface area (Å²) < 4.78 is 13.1. The molecule has 0 aliphatic rings. The molecule has 2 rings (SSSR count). The zero-order valence-corrected chi connectivity index (χ0v) is 10.8. The molecule has 3 N–H and O–H groups in total. The number of carboxylic acids is 1. The maximum absolute atomic E-state index is 13.1. The average Bonchev–Trinajstić information content (AvgIpc) is 2.86. The number of aromatic nitrogens is 1. The zero-order chi connectivity index (χ0) is 15.4. The Balaban J connectivity index is 2.25. The van der Waals surface area contributed by atoms with Gasteiger partial charge < -0.3 is 15.2 Å². The van der Waals surface area contributed by atoms with Gasteiger partial charge in [-0.2, -0.15) is 0 Å². The van der Waals surface area contributed by atoms with Crippen LogP contribution in [0.15, 0.2) is 48.5 Å². The molecule has 0 fully saturated rings. The number of carbonyl (C=O) groups is 2. The number of aromatic amines is 1. The smallest absolute Gasteiger partial charge is 0.371 e. The Labute approximate surface area is 119 Å². The van der Waals surface area contributed by atoms with E-state index < -0.39 is 17.5 Å². The van der Waals surface area contributed by atoms with Crippen molar-refractivity contribution in [1.29, 1.82) is 0 Å². The number of H-pyrrole nitrogens is 1. The number of allylic oxidation sites excluding steroid dienone is 1. The minimum atomic E-state index is -1.58. The molecule has 0 unspecified atom stereocenters. The van der Waals surface area contributed by atoms with Crippen LogP contribution in [0.1, 0.15) is 21.5 Å². The Morgan fingerprint density at radius 3 is 2.67 bits per heavy atom. The maximum Gasteiger partial charge on any atom is 0.371 e. The molecular weight excluding hydrogens is 277 g/mol. The molecule has 21 heavy (non-hydrogen) atoms. The summed E-state index contributed by atoms with van der Waals surface area (Å²) in [5.41, 5.74) is 1.49. The molecular formula is C15H12FNO4. The summed E-state index contributed by atoms with van der Waals surface area (Å²) in [4.78, 5) is 25.1. The van der Waals surface area contributed by atoms with Crippen molar-refractivity contribution in [2.24, 2.45) is 0 Å². The lowest BCUT2D eigenvalue weighted by Gasteiger charge is -2.02.